The number of aromatic nitrogens is 6. The molecule has 0 atom stereocenters. The highest BCUT2D eigenvalue weighted by atomic mass is 16.5. The van der Waals surface area contributed by atoms with Gasteiger partial charge in [0.05, 0.1) is 25.6 Å². The lowest BCUT2D eigenvalue weighted by Gasteiger charge is -2.03. The van der Waals surface area contributed by atoms with E-state index in [-0.39, 0.29) is 24.5 Å². The third-order valence-corrected chi connectivity index (χ3v) is 4.68. The molecule has 0 radical (unpaired) electrons. The SMILES string of the molecule is COc1ccc(-n2ncn(CCn3cnn(-c4ccc(OC)cc4)c3=O)c2=O)cc1. The van der Waals surface area contributed by atoms with Crippen LogP contribution in [0.1, 0.15) is 0 Å². The number of benzene rings is 2. The highest BCUT2D eigenvalue weighted by molar-refractivity contribution is 5.37. The van der Waals surface area contributed by atoms with Gasteiger partial charge in [-0.2, -0.15) is 19.6 Å². The zero-order chi connectivity index (χ0) is 21.1. The largest absolute Gasteiger partial charge is 0.497 e. The van der Waals surface area contributed by atoms with Gasteiger partial charge in [0.2, 0.25) is 0 Å². The van der Waals surface area contributed by atoms with Crippen molar-refractivity contribution in [1.82, 2.24) is 28.7 Å². The summed E-state index contributed by atoms with van der Waals surface area (Å²) in [5, 5.41) is 8.30. The summed E-state index contributed by atoms with van der Waals surface area (Å²) in [6.45, 7) is 0.562. The molecule has 0 N–H and O–H groups in total. The normalized spacial score (nSPS) is 10.9. The van der Waals surface area contributed by atoms with Crippen LogP contribution in [0.15, 0.2) is 70.8 Å². The molecule has 2 aromatic heterocycles. The maximum Gasteiger partial charge on any atom is 0.350 e. The fourth-order valence-corrected chi connectivity index (χ4v) is 2.99. The average molecular weight is 408 g/mol. The first kappa shape index (κ1) is 19.2. The molecule has 0 fully saturated rings. The number of hydrogen-bond donors (Lipinski definition) is 0. The second kappa shape index (κ2) is 8.11. The molecule has 0 saturated heterocycles. The molecule has 0 aliphatic heterocycles. The summed E-state index contributed by atoms with van der Waals surface area (Å²) in [6, 6.07) is 14.0. The van der Waals surface area contributed by atoms with Crippen LogP contribution >= 0.6 is 0 Å². The Morgan fingerprint density at radius 1 is 0.667 bits per heavy atom. The van der Waals surface area contributed by atoms with Gasteiger partial charge in [-0.15, -0.1) is 0 Å². The van der Waals surface area contributed by atoms with Crippen LogP contribution in [0.4, 0.5) is 0 Å². The van der Waals surface area contributed by atoms with E-state index in [1.807, 2.05) is 0 Å². The summed E-state index contributed by atoms with van der Waals surface area (Å²) in [5.74, 6) is 1.39. The Balaban J connectivity index is 1.50. The summed E-state index contributed by atoms with van der Waals surface area (Å²) in [5.41, 5.74) is 0.666. The van der Waals surface area contributed by atoms with E-state index in [1.54, 1.807) is 62.8 Å². The smallest absolute Gasteiger partial charge is 0.350 e. The van der Waals surface area contributed by atoms with Crippen LogP contribution in [0, 0.1) is 0 Å². The van der Waals surface area contributed by atoms with E-state index in [4.69, 9.17) is 9.47 Å². The quantitative estimate of drug-likeness (QED) is 0.454. The van der Waals surface area contributed by atoms with Gasteiger partial charge in [-0.25, -0.2) is 9.59 Å². The molecule has 0 bridgehead atoms. The van der Waals surface area contributed by atoms with Crippen LogP contribution in [-0.2, 0) is 13.1 Å². The Bertz CT molecular complexity index is 1150. The highest BCUT2D eigenvalue weighted by Gasteiger charge is 2.10. The third-order valence-electron chi connectivity index (χ3n) is 4.68. The van der Waals surface area contributed by atoms with Gasteiger partial charge in [-0.1, -0.05) is 0 Å². The summed E-state index contributed by atoms with van der Waals surface area (Å²) in [6.07, 6.45) is 2.90. The standard InChI is InChI=1S/C20H20N6O4/c1-29-17-7-3-15(4-8-17)25-19(27)23(13-21-25)11-12-24-14-22-26(20(24)28)16-5-9-18(30-2)10-6-16/h3-10,13-14H,11-12H2,1-2H3. The van der Waals surface area contributed by atoms with Crippen molar-refractivity contribution in [2.75, 3.05) is 14.2 Å². The fourth-order valence-electron chi connectivity index (χ4n) is 2.99. The summed E-state index contributed by atoms with van der Waals surface area (Å²) >= 11 is 0. The maximum absolute atomic E-state index is 12.6. The van der Waals surface area contributed by atoms with Gasteiger partial charge < -0.3 is 9.47 Å². The number of hydrogen-bond acceptors (Lipinski definition) is 6. The van der Waals surface area contributed by atoms with Crippen molar-refractivity contribution in [2.24, 2.45) is 0 Å². The molecule has 2 heterocycles. The van der Waals surface area contributed by atoms with Crippen molar-refractivity contribution in [3.8, 4) is 22.9 Å². The minimum absolute atomic E-state index is 0.281. The predicted molar refractivity (Wildman–Crippen MR) is 109 cm³/mol. The Kier molecular flexibility index (Phi) is 5.21. The molecule has 10 heteroatoms. The Labute approximate surface area is 171 Å². The molecule has 30 heavy (non-hydrogen) atoms. The Hall–Kier alpha value is -4.08. The summed E-state index contributed by atoms with van der Waals surface area (Å²) in [7, 11) is 3.16. The average Bonchev–Trinajstić information content (AvgIpc) is 3.34. The van der Waals surface area contributed by atoms with Gasteiger partial charge in [-0.3, -0.25) is 9.13 Å². The van der Waals surface area contributed by atoms with Crippen LogP contribution in [0.3, 0.4) is 0 Å². The number of ether oxygens (including phenoxy) is 2. The molecule has 2 aromatic carbocycles. The minimum Gasteiger partial charge on any atom is -0.497 e. The molecular formula is C20H20N6O4. The van der Waals surface area contributed by atoms with Gasteiger partial charge in [0.1, 0.15) is 24.2 Å². The molecule has 0 spiro atoms. The topological polar surface area (TPSA) is 98.1 Å². The Morgan fingerprint density at radius 3 is 1.37 bits per heavy atom. The Morgan fingerprint density at radius 2 is 1.03 bits per heavy atom. The molecule has 0 aliphatic rings. The van der Waals surface area contributed by atoms with Crippen molar-refractivity contribution in [2.45, 2.75) is 13.1 Å². The van der Waals surface area contributed by atoms with Gasteiger partial charge >= 0.3 is 11.4 Å². The second-order valence-electron chi connectivity index (χ2n) is 6.43. The first-order valence-electron chi connectivity index (χ1n) is 9.18. The highest BCUT2D eigenvalue weighted by Crippen LogP contribution is 2.13. The number of methoxy groups -OCH3 is 2. The van der Waals surface area contributed by atoms with Gasteiger partial charge in [0.25, 0.3) is 0 Å². The van der Waals surface area contributed by atoms with Crippen molar-refractivity contribution >= 4 is 0 Å². The van der Waals surface area contributed by atoms with E-state index >= 15 is 0 Å². The van der Waals surface area contributed by atoms with Crippen molar-refractivity contribution in [3.05, 3.63) is 82.2 Å². The lowest BCUT2D eigenvalue weighted by molar-refractivity contribution is 0.414. The van der Waals surface area contributed by atoms with E-state index < -0.39 is 0 Å². The monoisotopic (exact) mass is 408 g/mol. The van der Waals surface area contributed by atoms with E-state index in [1.165, 1.54) is 31.2 Å². The first-order valence-corrected chi connectivity index (χ1v) is 9.18. The zero-order valence-electron chi connectivity index (χ0n) is 16.5. The van der Waals surface area contributed by atoms with Crippen molar-refractivity contribution in [3.63, 3.8) is 0 Å². The predicted octanol–water partition coefficient (Wildman–Crippen LogP) is 1.10. The second-order valence-corrected chi connectivity index (χ2v) is 6.43. The van der Waals surface area contributed by atoms with Gasteiger partial charge in [-0.05, 0) is 48.5 Å². The summed E-state index contributed by atoms with van der Waals surface area (Å²) < 4.78 is 15.7. The van der Waals surface area contributed by atoms with Crippen LogP contribution < -0.4 is 20.9 Å². The molecule has 4 aromatic rings. The van der Waals surface area contributed by atoms with Crippen LogP contribution in [0.25, 0.3) is 11.4 Å². The lowest BCUT2D eigenvalue weighted by atomic mass is 10.3. The van der Waals surface area contributed by atoms with E-state index in [0.717, 1.165) is 0 Å². The fraction of sp³-hybridized carbons (Fsp3) is 0.200. The van der Waals surface area contributed by atoms with Crippen molar-refractivity contribution < 1.29 is 9.47 Å². The summed E-state index contributed by atoms with van der Waals surface area (Å²) in [4.78, 5) is 25.3. The zero-order valence-corrected chi connectivity index (χ0v) is 16.5. The van der Waals surface area contributed by atoms with Crippen LogP contribution in [0.2, 0.25) is 0 Å². The van der Waals surface area contributed by atoms with E-state index in [9.17, 15) is 9.59 Å². The first-order chi connectivity index (χ1) is 14.6. The number of aryl methyl sites for hydroxylation is 2. The number of nitrogens with zero attached hydrogens (tertiary/aromatic N) is 6. The molecular weight excluding hydrogens is 388 g/mol. The molecule has 4 rings (SSSR count). The molecule has 0 aliphatic carbocycles. The van der Waals surface area contributed by atoms with Gasteiger partial charge in [0.15, 0.2) is 0 Å². The molecule has 10 nitrogen and oxygen atoms in total. The minimum atomic E-state index is -0.296. The third kappa shape index (κ3) is 3.62. The van der Waals surface area contributed by atoms with Gasteiger partial charge in [0, 0.05) is 13.1 Å². The van der Waals surface area contributed by atoms with Crippen LogP contribution in [0.5, 0.6) is 11.5 Å². The van der Waals surface area contributed by atoms with E-state index in [2.05, 4.69) is 10.2 Å². The maximum atomic E-state index is 12.6. The molecule has 0 unspecified atom stereocenters. The molecule has 154 valence electrons. The van der Waals surface area contributed by atoms with E-state index in [0.29, 0.717) is 22.9 Å². The lowest BCUT2D eigenvalue weighted by Crippen LogP contribution is -2.28. The van der Waals surface area contributed by atoms with Crippen LogP contribution in [-0.4, -0.2) is 42.9 Å². The number of rotatable bonds is 7. The molecule has 0 amide bonds. The molecule has 0 saturated carbocycles. The van der Waals surface area contributed by atoms with Crippen molar-refractivity contribution in [1.29, 1.82) is 0 Å².